The van der Waals surface area contributed by atoms with Crippen molar-refractivity contribution in [3.63, 3.8) is 0 Å². The minimum absolute atomic E-state index is 0.0202. The molecule has 0 bridgehead atoms. The number of ether oxygens (including phenoxy) is 1. The van der Waals surface area contributed by atoms with Crippen molar-refractivity contribution in [2.75, 3.05) is 5.32 Å². The molecule has 1 fully saturated rings. The topological polar surface area (TPSA) is 55.4 Å². The first-order valence-electron chi connectivity index (χ1n) is 8.08. The number of alkyl halides is 3. The van der Waals surface area contributed by atoms with Gasteiger partial charge in [0.25, 0.3) is 5.91 Å². The standard InChI is InChI=1S/C19H16F3NO3/c20-19(21,22)14-7-4-8-15(11-14)23-17(24)16(12-5-2-1-3-6-12)26-18(25)13-9-10-13/h1-8,11,13,16H,9-10H2,(H,23,24). The van der Waals surface area contributed by atoms with Gasteiger partial charge in [-0.1, -0.05) is 36.4 Å². The van der Waals surface area contributed by atoms with E-state index in [1.807, 2.05) is 0 Å². The number of amides is 1. The fourth-order valence-electron chi connectivity index (χ4n) is 2.41. The number of carbonyl (C=O) groups is 2. The Morgan fingerprint density at radius 2 is 1.73 bits per heavy atom. The van der Waals surface area contributed by atoms with Gasteiger partial charge in [0.1, 0.15) is 0 Å². The summed E-state index contributed by atoms with van der Waals surface area (Å²) >= 11 is 0. The Balaban J connectivity index is 1.80. The molecule has 0 radical (unpaired) electrons. The molecule has 2 aromatic carbocycles. The number of rotatable bonds is 5. The lowest BCUT2D eigenvalue weighted by molar-refractivity contribution is -0.156. The molecule has 7 heteroatoms. The third kappa shape index (κ3) is 4.41. The van der Waals surface area contributed by atoms with Gasteiger partial charge >= 0.3 is 12.1 Å². The molecule has 0 aromatic heterocycles. The summed E-state index contributed by atoms with van der Waals surface area (Å²) in [6.07, 6.45) is -4.30. The maximum Gasteiger partial charge on any atom is 0.416 e. The molecule has 1 N–H and O–H groups in total. The quantitative estimate of drug-likeness (QED) is 0.804. The molecule has 3 rings (SSSR count). The van der Waals surface area contributed by atoms with Crippen LogP contribution in [0.15, 0.2) is 54.6 Å². The summed E-state index contributed by atoms with van der Waals surface area (Å²) in [5.41, 5.74) is -0.444. The smallest absolute Gasteiger partial charge is 0.416 e. The van der Waals surface area contributed by atoms with Crippen LogP contribution in [0.1, 0.15) is 30.1 Å². The Labute approximate surface area is 148 Å². The minimum Gasteiger partial charge on any atom is -0.447 e. The summed E-state index contributed by atoms with van der Waals surface area (Å²) in [4.78, 5) is 24.6. The second-order valence-electron chi connectivity index (χ2n) is 6.07. The number of hydrogen-bond donors (Lipinski definition) is 1. The van der Waals surface area contributed by atoms with E-state index in [0.29, 0.717) is 5.56 Å². The fraction of sp³-hybridized carbons (Fsp3) is 0.263. The number of hydrogen-bond acceptors (Lipinski definition) is 3. The van der Waals surface area contributed by atoms with Gasteiger partial charge in [0.05, 0.1) is 11.5 Å². The third-order valence-electron chi connectivity index (χ3n) is 3.94. The molecular weight excluding hydrogens is 347 g/mol. The fourth-order valence-corrected chi connectivity index (χ4v) is 2.41. The van der Waals surface area contributed by atoms with Gasteiger partial charge in [-0.3, -0.25) is 9.59 Å². The largest absolute Gasteiger partial charge is 0.447 e. The van der Waals surface area contributed by atoms with E-state index in [9.17, 15) is 22.8 Å². The van der Waals surface area contributed by atoms with E-state index in [-0.39, 0.29) is 11.6 Å². The van der Waals surface area contributed by atoms with Gasteiger partial charge in [-0.2, -0.15) is 13.2 Å². The van der Waals surface area contributed by atoms with Crippen molar-refractivity contribution in [1.29, 1.82) is 0 Å². The molecule has 1 aliphatic rings. The highest BCUT2D eigenvalue weighted by Crippen LogP contribution is 2.33. The van der Waals surface area contributed by atoms with E-state index in [4.69, 9.17) is 4.74 Å². The Hall–Kier alpha value is -2.83. The van der Waals surface area contributed by atoms with Crippen LogP contribution in [0, 0.1) is 5.92 Å². The zero-order valence-corrected chi connectivity index (χ0v) is 13.6. The first-order chi connectivity index (χ1) is 12.3. The van der Waals surface area contributed by atoms with Crippen molar-refractivity contribution < 1.29 is 27.5 Å². The summed E-state index contributed by atoms with van der Waals surface area (Å²) < 4.78 is 43.8. The van der Waals surface area contributed by atoms with Crippen molar-refractivity contribution in [1.82, 2.24) is 0 Å². The van der Waals surface area contributed by atoms with Crippen LogP contribution in [0.25, 0.3) is 0 Å². The summed E-state index contributed by atoms with van der Waals surface area (Å²) in [6, 6.07) is 12.7. The van der Waals surface area contributed by atoms with Crippen molar-refractivity contribution in [2.24, 2.45) is 5.92 Å². The van der Waals surface area contributed by atoms with E-state index >= 15 is 0 Å². The molecular formula is C19H16F3NO3. The number of nitrogens with one attached hydrogen (secondary N) is 1. The van der Waals surface area contributed by atoms with Gasteiger partial charge < -0.3 is 10.1 Å². The van der Waals surface area contributed by atoms with Gasteiger partial charge in [0.15, 0.2) is 0 Å². The van der Waals surface area contributed by atoms with Crippen LogP contribution in [0.4, 0.5) is 18.9 Å². The molecule has 0 heterocycles. The van der Waals surface area contributed by atoms with E-state index in [2.05, 4.69) is 5.32 Å². The second-order valence-corrected chi connectivity index (χ2v) is 6.07. The van der Waals surface area contributed by atoms with E-state index < -0.39 is 29.7 Å². The van der Waals surface area contributed by atoms with Gasteiger partial charge in [-0.25, -0.2) is 0 Å². The van der Waals surface area contributed by atoms with Gasteiger partial charge in [-0.15, -0.1) is 0 Å². The van der Waals surface area contributed by atoms with Crippen LogP contribution < -0.4 is 5.32 Å². The summed E-state index contributed by atoms with van der Waals surface area (Å²) in [5, 5.41) is 2.40. The highest BCUT2D eigenvalue weighted by Gasteiger charge is 2.35. The second kappa shape index (κ2) is 7.19. The Kier molecular flexibility index (Phi) is 4.97. The average Bonchev–Trinajstić information content (AvgIpc) is 3.45. The minimum atomic E-state index is -4.52. The summed E-state index contributed by atoms with van der Waals surface area (Å²) in [7, 11) is 0. The van der Waals surface area contributed by atoms with Crippen LogP contribution in [0.5, 0.6) is 0 Å². The molecule has 4 nitrogen and oxygen atoms in total. The van der Waals surface area contributed by atoms with E-state index in [0.717, 1.165) is 25.0 Å². The van der Waals surface area contributed by atoms with Crippen molar-refractivity contribution in [3.8, 4) is 0 Å². The van der Waals surface area contributed by atoms with Crippen LogP contribution >= 0.6 is 0 Å². The molecule has 1 amide bonds. The molecule has 0 saturated heterocycles. The van der Waals surface area contributed by atoms with E-state index in [1.54, 1.807) is 30.3 Å². The lowest BCUT2D eigenvalue weighted by atomic mass is 10.1. The van der Waals surface area contributed by atoms with Crippen LogP contribution in [0.2, 0.25) is 0 Å². The SMILES string of the molecule is O=C(OC(C(=O)Nc1cccc(C(F)(F)F)c1)c1ccccc1)C1CC1. The summed E-state index contributed by atoms with van der Waals surface area (Å²) in [5.74, 6) is -1.38. The third-order valence-corrected chi connectivity index (χ3v) is 3.94. The maximum absolute atomic E-state index is 12.8. The van der Waals surface area contributed by atoms with Crippen molar-refractivity contribution in [3.05, 3.63) is 65.7 Å². The Bertz CT molecular complexity index is 801. The van der Waals surface area contributed by atoms with Crippen molar-refractivity contribution >= 4 is 17.6 Å². The number of anilines is 1. The highest BCUT2D eigenvalue weighted by molar-refractivity contribution is 5.96. The van der Waals surface area contributed by atoms with Crippen molar-refractivity contribution in [2.45, 2.75) is 25.1 Å². The molecule has 26 heavy (non-hydrogen) atoms. The molecule has 1 unspecified atom stereocenters. The Morgan fingerprint density at radius 1 is 1.04 bits per heavy atom. The molecule has 2 aromatic rings. The van der Waals surface area contributed by atoms with Gasteiger partial charge in [-0.05, 0) is 31.0 Å². The normalized spacial score (nSPS) is 15.2. The summed E-state index contributed by atoms with van der Waals surface area (Å²) in [6.45, 7) is 0. The molecule has 1 aliphatic carbocycles. The highest BCUT2D eigenvalue weighted by atomic mass is 19.4. The van der Waals surface area contributed by atoms with Gasteiger partial charge in [0, 0.05) is 11.3 Å². The first kappa shape index (κ1) is 18.0. The molecule has 136 valence electrons. The molecule has 1 saturated carbocycles. The predicted octanol–water partition coefficient (Wildman–Crippen LogP) is 4.34. The maximum atomic E-state index is 12.8. The Morgan fingerprint density at radius 3 is 2.35 bits per heavy atom. The molecule has 1 atom stereocenters. The van der Waals surface area contributed by atoms with Crippen LogP contribution in [0.3, 0.4) is 0 Å². The zero-order valence-electron chi connectivity index (χ0n) is 13.6. The lowest BCUT2D eigenvalue weighted by Crippen LogP contribution is -2.26. The van der Waals surface area contributed by atoms with Crippen LogP contribution in [-0.4, -0.2) is 11.9 Å². The predicted molar refractivity (Wildman–Crippen MR) is 88.1 cm³/mol. The number of carbonyl (C=O) groups excluding carboxylic acids is 2. The van der Waals surface area contributed by atoms with Gasteiger partial charge in [0.2, 0.25) is 6.10 Å². The number of esters is 1. The van der Waals surface area contributed by atoms with Crippen LogP contribution in [-0.2, 0) is 20.5 Å². The molecule has 0 spiro atoms. The monoisotopic (exact) mass is 363 g/mol. The number of benzene rings is 2. The first-order valence-corrected chi connectivity index (χ1v) is 8.08. The molecule has 0 aliphatic heterocycles. The average molecular weight is 363 g/mol. The van der Waals surface area contributed by atoms with E-state index in [1.165, 1.54) is 12.1 Å². The zero-order chi connectivity index (χ0) is 18.7. The number of halogens is 3. The lowest BCUT2D eigenvalue weighted by Gasteiger charge is -2.18.